The monoisotopic (exact) mass is 347 g/mol. The Kier molecular flexibility index (Phi) is 7.95. The smallest absolute Gasteiger partial charge is 0.222 e. The fraction of sp³-hybridized carbons (Fsp3) is 0.737. The van der Waals surface area contributed by atoms with Gasteiger partial charge in [0, 0.05) is 45.2 Å². The van der Waals surface area contributed by atoms with Crippen LogP contribution in [0, 0.1) is 5.92 Å². The van der Waals surface area contributed by atoms with Gasteiger partial charge in [-0.3, -0.25) is 4.79 Å². The Bertz CT molecular complexity index is 532. The van der Waals surface area contributed by atoms with Gasteiger partial charge in [-0.15, -0.1) is 0 Å². The molecule has 1 aromatic rings. The number of aromatic nitrogens is 2. The maximum absolute atomic E-state index is 12.2. The number of carbonyl (C=O) groups excluding carboxylic acids is 1. The van der Waals surface area contributed by atoms with Gasteiger partial charge in [-0.2, -0.15) is 0 Å². The maximum atomic E-state index is 12.2. The number of rotatable bonds is 9. The van der Waals surface area contributed by atoms with Crippen molar-refractivity contribution in [2.75, 3.05) is 42.9 Å². The van der Waals surface area contributed by atoms with Crippen LogP contribution in [0.15, 0.2) is 12.4 Å². The molecule has 0 saturated carbocycles. The van der Waals surface area contributed by atoms with Crippen LogP contribution in [-0.2, 0) is 4.79 Å². The lowest BCUT2D eigenvalue weighted by molar-refractivity contribution is -0.131. The van der Waals surface area contributed by atoms with E-state index in [1.165, 1.54) is 6.42 Å². The number of hydrogen-bond donors (Lipinski definition) is 1. The summed E-state index contributed by atoms with van der Waals surface area (Å²) in [5, 5.41) is 3.32. The summed E-state index contributed by atoms with van der Waals surface area (Å²) >= 11 is 0. The van der Waals surface area contributed by atoms with Gasteiger partial charge >= 0.3 is 0 Å². The molecule has 1 atom stereocenters. The summed E-state index contributed by atoms with van der Waals surface area (Å²) in [7, 11) is 0. The van der Waals surface area contributed by atoms with Gasteiger partial charge in [0.25, 0.3) is 0 Å². The van der Waals surface area contributed by atoms with Gasteiger partial charge in [-0.05, 0) is 45.4 Å². The summed E-state index contributed by atoms with van der Waals surface area (Å²) in [6.45, 7) is 10.8. The molecule has 2 rings (SSSR count). The molecule has 0 aliphatic carbocycles. The Balaban J connectivity index is 1.89. The molecule has 0 bridgehead atoms. The first-order valence-corrected chi connectivity index (χ1v) is 9.76. The fourth-order valence-corrected chi connectivity index (χ4v) is 3.44. The van der Waals surface area contributed by atoms with E-state index in [2.05, 4.69) is 27.1 Å². The minimum absolute atomic E-state index is 0.287. The average molecular weight is 348 g/mol. The Hall–Kier alpha value is -1.85. The van der Waals surface area contributed by atoms with Crippen LogP contribution in [0.4, 0.5) is 11.6 Å². The molecule has 1 amide bonds. The van der Waals surface area contributed by atoms with Gasteiger partial charge in [0.05, 0.1) is 0 Å². The molecule has 2 heterocycles. The molecular formula is C19H33N5O. The summed E-state index contributed by atoms with van der Waals surface area (Å²) in [6, 6.07) is 2.04. The number of hydrogen-bond acceptors (Lipinski definition) is 5. The first-order valence-electron chi connectivity index (χ1n) is 9.76. The molecule has 140 valence electrons. The van der Waals surface area contributed by atoms with E-state index in [0.29, 0.717) is 12.3 Å². The molecule has 6 heteroatoms. The van der Waals surface area contributed by atoms with E-state index < -0.39 is 0 Å². The first kappa shape index (κ1) is 19.5. The average Bonchev–Trinajstić information content (AvgIpc) is 2.66. The van der Waals surface area contributed by atoms with E-state index in [4.69, 9.17) is 0 Å². The highest BCUT2D eigenvalue weighted by molar-refractivity contribution is 5.76. The van der Waals surface area contributed by atoms with E-state index in [-0.39, 0.29) is 5.91 Å². The van der Waals surface area contributed by atoms with Crippen molar-refractivity contribution in [2.24, 2.45) is 5.92 Å². The second kappa shape index (κ2) is 10.2. The second-order valence-corrected chi connectivity index (χ2v) is 6.75. The molecule has 1 fully saturated rings. The summed E-state index contributed by atoms with van der Waals surface area (Å²) in [5.74, 6) is 2.74. The van der Waals surface area contributed by atoms with Crippen molar-refractivity contribution in [3.05, 3.63) is 12.4 Å². The standard InChI is InChI=1S/C19H33N5O/c1-4-11-20-17-13-18(22-15-21-17)24-12-7-8-16(14-24)9-10-19(25)23(5-2)6-3/h13,15-16H,4-12,14H2,1-3H3,(H,20,21,22)/t16-/m0/s1. The van der Waals surface area contributed by atoms with Crippen molar-refractivity contribution < 1.29 is 4.79 Å². The molecular weight excluding hydrogens is 314 g/mol. The summed E-state index contributed by atoms with van der Waals surface area (Å²) < 4.78 is 0. The number of nitrogens with one attached hydrogen (secondary N) is 1. The lowest BCUT2D eigenvalue weighted by atomic mass is 9.93. The summed E-state index contributed by atoms with van der Waals surface area (Å²) in [6.07, 6.45) is 6.71. The van der Waals surface area contributed by atoms with Crippen LogP contribution in [-0.4, -0.2) is 53.5 Å². The predicted octanol–water partition coefficient (Wildman–Crippen LogP) is 3.16. The van der Waals surface area contributed by atoms with Crippen LogP contribution in [0.2, 0.25) is 0 Å². The predicted molar refractivity (Wildman–Crippen MR) is 103 cm³/mol. The molecule has 0 spiro atoms. The molecule has 1 saturated heterocycles. The van der Waals surface area contributed by atoms with Gasteiger partial charge in [0.15, 0.2) is 0 Å². The maximum Gasteiger partial charge on any atom is 0.222 e. The highest BCUT2D eigenvalue weighted by Gasteiger charge is 2.22. The molecule has 1 aromatic heterocycles. The third-order valence-corrected chi connectivity index (χ3v) is 4.93. The second-order valence-electron chi connectivity index (χ2n) is 6.75. The van der Waals surface area contributed by atoms with Gasteiger partial charge in [-0.1, -0.05) is 6.92 Å². The van der Waals surface area contributed by atoms with Crippen LogP contribution in [0.1, 0.15) is 52.9 Å². The zero-order chi connectivity index (χ0) is 18.1. The number of nitrogens with zero attached hydrogens (tertiary/aromatic N) is 4. The van der Waals surface area contributed by atoms with E-state index in [0.717, 1.165) is 63.6 Å². The van der Waals surface area contributed by atoms with Crippen molar-refractivity contribution in [1.82, 2.24) is 14.9 Å². The van der Waals surface area contributed by atoms with Gasteiger partial charge in [0.1, 0.15) is 18.0 Å². The molecule has 1 aliphatic rings. The molecule has 0 radical (unpaired) electrons. The SMILES string of the molecule is CCCNc1cc(N2CCC[C@@H](CCC(=O)N(CC)CC)C2)ncn1. The topological polar surface area (TPSA) is 61.4 Å². The molecule has 6 nitrogen and oxygen atoms in total. The van der Waals surface area contributed by atoms with Crippen molar-refractivity contribution in [1.29, 1.82) is 0 Å². The fourth-order valence-electron chi connectivity index (χ4n) is 3.44. The van der Waals surface area contributed by atoms with Crippen LogP contribution in [0.3, 0.4) is 0 Å². The van der Waals surface area contributed by atoms with Gasteiger partial charge in [0.2, 0.25) is 5.91 Å². The largest absolute Gasteiger partial charge is 0.370 e. The van der Waals surface area contributed by atoms with E-state index >= 15 is 0 Å². The van der Waals surface area contributed by atoms with E-state index in [1.54, 1.807) is 6.33 Å². The van der Waals surface area contributed by atoms with Gasteiger partial charge in [-0.25, -0.2) is 9.97 Å². The Morgan fingerprint density at radius 3 is 2.84 bits per heavy atom. The third-order valence-electron chi connectivity index (χ3n) is 4.93. The van der Waals surface area contributed by atoms with Crippen LogP contribution >= 0.6 is 0 Å². The van der Waals surface area contributed by atoms with Crippen LogP contribution in [0.25, 0.3) is 0 Å². The Morgan fingerprint density at radius 2 is 2.12 bits per heavy atom. The Labute approximate surface area is 152 Å². The highest BCUT2D eigenvalue weighted by Crippen LogP contribution is 2.25. The van der Waals surface area contributed by atoms with Crippen LogP contribution in [0.5, 0.6) is 0 Å². The number of anilines is 2. The van der Waals surface area contributed by atoms with Crippen molar-refractivity contribution in [3.8, 4) is 0 Å². The van der Waals surface area contributed by atoms with Crippen molar-refractivity contribution in [3.63, 3.8) is 0 Å². The van der Waals surface area contributed by atoms with E-state index in [9.17, 15) is 4.79 Å². The summed E-state index contributed by atoms with van der Waals surface area (Å²) in [5.41, 5.74) is 0. The Morgan fingerprint density at radius 1 is 1.32 bits per heavy atom. The molecule has 25 heavy (non-hydrogen) atoms. The number of amides is 1. The zero-order valence-electron chi connectivity index (χ0n) is 16.0. The lowest BCUT2D eigenvalue weighted by Gasteiger charge is -2.34. The molecule has 1 aliphatic heterocycles. The number of carbonyl (C=O) groups is 1. The lowest BCUT2D eigenvalue weighted by Crippen LogP contribution is -2.37. The minimum Gasteiger partial charge on any atom is -0.370 e. The molecule has 0 unspecified atom stereocenters. The first-order chi connectivity index (χ1) is 12.2. The van der Waals surface area contributed by atoms with Crippen molar-refractivity contribution in [2.45, 2.75) is 52.9 Å². The number of piperidine rings is 1. The minimum atomic E-state index is 0.287. The highest BCUT2D eigenvalue weighted by atomic mass is 16.2. The third kappa shape index (κ3) is 5.87. The quantitative estimate of drug-likeness (QED) is 0.743. The van der Waals surface area contributed by atoms with Crippen LogP contribution < -0.4 is 10.2 Å². The zero-order valence-corrected chi connectivity index (χ0v) is 16.0. The van der Waals surface area contributed by atoms with Crippen molar-refractivity contribution >= 4 is 17.5 Å². The molecule has 0 aromatic carbocycles. The van der Waals surface area contributed by atoms with Gasteiger partial charge < -0.3 is 15.1 Å². The summed E-state index contributed by atoms with van der Waals surface area (Å²) in [4.78, 5) is 25.2. The van der Waals surface area contributed by atoms with E-state index in [1.807, 2.05) is 24.8 Å². The molecule has 1 N–H and O–H groups in total. The normalized spacial score (nSPS) is 17.4.